The van der Waals surface area contributed by atoms with Gasteiger partial charge in [0.2, 0.25) is 5.91 Å². The molecule has 3 N–H and O–H groups in total. The Bertz CT molecular complexity index is 560. The Kier molecular flexibility index (Phi) is 4.44. The molecular formula is C15H20N2O2. The van der Waals surface area contributed by atoms with Gasteiger partial charge in [0.1, 0.15) is 5.75 Å². The molecule has 4 heteroatoms. The van der Waals surface area contributed by atoms with Crippen molar-refractivity contribution in [3.8, 4) is 5.75 Å². The number of hydrogen-bond donors (Lipinski definition) is 3. The molecule has 0 aliphatic carbocycles. The normalized spacial score (nSPS) is 10.8. The molecule has 102 valence electrons. The molecule has 0 bridgehead atoms. The summed E-state index contributed by atoms with van der Waals surface area (Å²) in [5.74, 6) is 0.380. The van der Waals surface area contributed by atoms with Crippen LogP contribution in [0.15, 0.2) is 24.4 Å². The molecule has 4 nitrogen and oxygen atoms in total. The highest BCUT2D eigenvalue weighted by Crippen LogP contribution is 2.22. The van der Waals surface area contributed by atoms with Crippen LogP contribution < -0.4 is 5.32 Å². The Morgan fingerprint density at radius 2 is 2.26 bits per heavy atom. The summed E-state index contributed by atoms with van der Waals surface area (Å²) in [7, 11) is 0. The van der Waals surface area contributed by atoms with E-state index in [0.717, 1.165) is 35.7 Å². The molecule has 0 unspecified atom stereocenters. The van der Waals surface area contributed by atoms with Crippen molar-refractivity contribution in [1.29, 1.82) is 0 Å². The van der Waals surface area contributed by atoms with E-state index in [2.05, 4.69) is 17.2 Å². The molecule has 2 rings (SSSR count). The predicted octanol–water partition coefficient (Wildman–Crippen LogP) is 2.72. The number of benzene rings is 1. The van der Waals surface area contributed by atoms with Crippen LogP contribution in [-0.4, -0.2) is 22.5 Å². The molecule has 2 aromatic rings. The first-order valence-corrected chi connectivity index (χ1v) is 6.76. The smallest absolute Gasteiger partial charge is 0.220 e. The van der Waals surface area contributed by atoms with Crippen molar-refractivity contribution in [2.24, 2.45) is 0 Å². The summed E-state index contributed by atoms with van der Waals surface area (Å²) < 4.78 is 0. The average Bonchev–Trinajstić information content (AvgIpc) is 2.79. The molecule has 0 radical (unpaired) electrons. The molecule has 1 heterocycles. The average molecular weight is 260 g/mol. The zero-order chi connectivity index (χ0) is 13.7. The lowest BCUT2D eigenvalue weighted by Crippen LogP contribution is -2.25. The largest absolute Gasteiger partial charge is 0.508 e. The predicted molar refractivity (Wildman–Crippen MR) is 76.2 cm³/mol. The Labute approximate surface area is 112 Å². The number of aromatic nitrogens is 1. The lowest BCUT2D eigenvalue weighted by molar-refractivity contribution is -0.121. The van der Waals surface area contributed by atoms with Crippen LogP contribution in [0.2, 0.25) is 0 Å². The molecule has 0 spiro atoms. The van der Waals surface area contributed by atoms with Gasteiger partial charge in [0, 0.05) is 30.1 Å². The zero-order valence-electron chi connectivity index (χ0n) is 11.2. The van der Waals surface area contributed by atoms with Crippen LogP contribution in [0.3, 0.4) is 0 Å². The van der Waals surface area contributed by atoms with Gasteiger partial charge in [-0.1, -0.05) is 13.3 Å². The van der Waals surface area contributed by atoms with Crippen LogP contribution in [0.5, 0.6) is 5.75 Å². The Balaban J connectivity index is 1.91. The highest BCUT2D eigenvalue weighted by atomic mass is 16.3. The van der Waals surface area contributed by atoms with Crippen LogP contribution in [0.4, 0.5) is 0 Å². The number of phenols is 1. The third-order valence-electron chi connectivity index (χ3n) is 3.22. The molecular weight excluding hydrogens is 240 g/mol. The third-order valence-corrected chi connectivity index (χ3v) is 3.22. The molecule has 19 heavy (non-hydrogen) atoms. The molecule has 0 saturated carbocycles. The zero-order valence-corrected chi connectivity index (χ0v) is 11.2. The maximum absolute atomic E-state index is 11.5. The second kappa shape index (κ2) is 6.27. The lowest BCUT2D eigenvalue weighted by atomic mass is 10.1. The fourth-order valence-corrected chi connectivity index (χ4v) is 2.14. The van der Waals surface area contributed by atoms with Gasteiger partial charge in [-0.05, 0) is 36.6 Å². The van der Waals surface area contributed by atoms with Crippen LogP contribution >= 0.6 is 0 Å². The van der Waals surface area contributed by atoms with Crippen molar-refractivity contribution in [1.82, 2.24) is 10.3 Å². The van der Waals surface area contributed by atoms with E-state index in [4.69, 9.17) is 0 Å². The van der Waals surface area contributed by atoms with Crippen molar-refractivity contribution in [2.75, 3.05) is 6.54 Å². The van der Waals surface area contributed by atoms with Crippen molar-refractivity contribution < 1.29 is 9.90 Å². The number of phenolic OH excluding ortho intramolecular Hbond substituents is 1. The number of amides is 1. The first-order chi connectivity index (χ1) is 9.20. The van der Waals surface area contributed by atoms with Gasteiger partial charge in [0.05, 0.1) is 0 Å². The topological polar surface area (TPSA) is 65.1 Å². The number of aromatic amines is 1. The number of hydrogen-bond acceptors (Lipinski definition) is 2. The van der Waals surface area contributed by atoms with Crippen molar-refractivity contribution >= 4 is 16.8 Å². The van der Waals surface area contributed by atoms with E-state index in [9.17, 15) is 9.90 Å². The van der Waals surface area contributed by atoms with E-state index in [0.29, 0.717) is 13.0 Å². The van der Waals surface area contributed by atoms with E-state index < -0.39 is 0 Å². The number of H-pyrrole nitrogens is 1. The standard InChI is InChI=1S/C15H20N2O2/c1-2-3-4-15(19)16-8-7-11-10-17-14-6-5-12(18)9-13(11)14/h5-6,9-10,17-18H,2-4,7-8H2,1H3,(H,16,19). The first-order valence-electron chi connectivity index (χ1n) is 6.76. The second-order valence-electron chi connectivity index (χ2n) is 4.75. The van der Waals surface area contributed by atoms with E-state index in [1.807, 2.05) is 12.3 Å². The molecule has 0 fully saturated rings. The number of rotatable bonds is 6. The first kappa shape index (κ1) is 13.5. The van der Waals surface area contributed by atoms with Gasteiger partial charge in [-0.15, -0.1) is 0 Å². The molecule has 1 aromatic carbocycles. The molecule has 1 aromatic heterocycles. The highest BCUT2D eigenvalue weighted by Gasteiger charge is 2.05. The van der Waals surface area contributed by atoms with Gasteiger partial charge < -0.3 is 15.4 Å². The number of aromatic hydroxyl groups is 1. The van der Waals surface area contributed by atoms with E-state index >= 15 is 0 Å². The molecule has 0 aliphatic heterocycles. The van der Waals surface area contributed by atoms with Gasteiger partial charge >= 0.3 is 0 Å². The van der Waals surface area contributed by atoms with Gasteiger partial charge in [-0.3, -0.25) is 4.79 Å². The molecule has 1 amide bonds. The minimum absolute atomic E-state index is 0.115. The number of carbonyl (C=O) groups excluding carboxylic acids is 1. The van der Waals surface area contributed by atoms with Crippen LogP contribution in [-0.2, 0) is 11.2 Å². The summed E-state index contributed by atoms with van der Waals surface area (Å²) in [6.45, 7) is 2.71. The van der Waals surface area contributed by atoms with E-state index in [-0.39, 0.29) is 11.7 Å². The summed E-state index contributed by atoms with van der Waals surface area (Å²) in [6.07, 6.45) is 5.27. The maximum Gasteiger partial charge on any atom is 0.220 e. The fraction of sp³-hybridized carbons (Fsp3) is 0.400. The molecule has 0 saturated heterocycles. The number of nitrogens with one attached hydrogen (secondary N) is 2. The minimum atomic E-state index is 0.115. The van der Waals surface area contributed by atoms with E-state index in [1.165, 1.54) is 0 Å². The summed E-state index contributed by atoms with van der Waals surface area (Å²) in [5.41, 5.74) is 2.12. The van der Waals surface area contributed by atoms with Crippen LogP contribution in [0.25, 0.3) is 10.9 Å². The minimum Gasteiger partial charge on any atom is -0.508 e. The Morgan fingerprint density at radius 1 is 1.42 bits per heavy atom. The van der Waals surface area contributed by atoms with E-state index in [1.54, 1.807) is 12.1 Å². The Morgan fingerprint density at radius 3 is 3.05 bits per heavy atom. The van der Waals surface area contributed by atoms with Crippen molar-refractivity contribution in [3.63, 3.8) is 0 Å². The number of fused-ring (bicyclic) bond motifs is 1. The molecule has 0 aliphatic rings. The van der Waals surface area contributed by atoms with Crippen LogP contribution in [0, 0.1) is 0 Å². The Hall–Kier alpha value is -1.97. The molecule has 0 atom stereocenters. The van der Waals surface area contributed by atoms with Gasteiger partial charge in [-0.2, -0.15) is 0 Å². The van der Waals surface area contributed by atoms with Gasteiger partial charge in [0.25, 0.3) is 0 Å². The van der Waals surface area contributed by atoms with Crippen LogP contribution in [0.1, 0.15) is 31.7 Å². The second-order valence-corrected chi connectivity index (χ2v) is 4.75. The monoisotopic (exact) mass is 260 g/mol. The van der Waals surface area contributed by atoms with Gasteiger partial charge in [0.15, 0.2) is 0 Å². The lowest BCUT2D eigenvalue weighted by Gasteiger charge is -2.04. The fourth-order valence-electron chi connectivity index (χ4n) is 2.14. The van der Waals surface area contributed by atoms with Crippen molar-refractivity contribution in [3.05, 3.63) is 30.0 Å². The highest BCUT2D eigenvalue weighted by molar-refractivity contribution is 5.84. The summed E-state index contributed by atoms with van der Waals surface area (Å²) in [5, 5.41) is 13.4. The van der Waals surface area contributed by atoms with Gasteiger partial charge in [-0.25, -0.2) is 0 Å². The number of unbranched alkanes of at least 4 members (excludes halogenated alkanes) is 1. The summed E-state index contributed by atoms with van der Waals surface area (Å²) in [6, 6.07) is 5.27. The summed E-state index contributed by atoms with van der Waals surface area (Å²) >= 11 is 0. The summed E-state index contributed by atoms with van der Waals surface area (Å²) in [4.78, 5) is 14.7. The SMILES string of the molecule is CCCCC(=O)NCCc1c[nH]c2ccc(O)cc12. The quantitative estimate of drug-likeness (QED) is 0.747. The number of carbonyl (C=O) groups is 1. The third kappa shape index (κ3) is 3.50. The maximum atomic E-state index is 11.5. The van der Waals surface area contributed by atoms with Crippen molar-refractivity contribution in [2.45, 2.75) is 32.6 Å².